The van der Waals surface area contributed by atoms with E-state index in [1.54, 1.807) is 0 Å². The zero-order chi connectivity index (χ0) is 10.9. The van der Waals surface area contributed by atoms with Gasteiger partial charge in [0.15, 0.2) is 0 Å². The number of hydrogen-bond acceptors (Lipinski definition) is 0. The Morgan fingerprint density at radius 1 is 1.27 bits per heavy atom. The minimum Gasteiger partial charge on any atom is -0.0955 e. The summed E-state index contributed by atoms with van der Waals surface area (Å²) < 4.78 is 0. The second-order valence-electron chi connectivity index (χ2n) is 6.69. The van der Waals surface area contributed by atoms with Crippen molar-refractivity contribution in [1.29, 1.82) is 0 Å². The molecule has 3 aliphatic rings. The van der Waals surface area contributed by atoms with E-state index in [-0.39, 0.29) is 0 Å². The molecule has 0 spiro atoms. The van der Waals surface area contributed by atoms with Crippen LogP contribution in [0, 0.1) is 22.2 Å². The minimum absolute atomic E-state index is 0.435. The first kappa shape index (κ1) is 9.69. The predicted octanol–water partition coefficient (Wildman–Crippen LogP) is 4.34. The maximum atomic E-state index is 4.27. The first-order chi connectivity index (χ1) is 6.93. The van der Waals surface area contributed by atoms with Crippen LogP contribution in [0.25, 0.3) is 0 Å². The van der Waals surface area contributed by atoms with Crippen molar-refractivity contribution in [2.45, 2.75) is 46.5 Å². The van der Waals surface area contributed by atoms with Crippen LogP contribution < -0.4 is 0 Å². The van der Waals surface area contributed by atoms with E-state index in [4.69, 9.17) is 0 Å². The van der Waals surface area contributed by atoms with E-state index in [1.807, 2.05) is 0 Å². The van der Waals surface area contributed by atoms with Gasteiger partial charge in [0.25, 0.3) is 0 Å². The van der Waals surface area contributed by atoms with Gasteiger partial charge in [0.05, 0.1) is 0 Å². The molecule has 0 aliphatic heterocycles. The SMILES string of the molecule is C=C1C=C[C@]2(C)CC1[C@]1(C)CCC[C@@]12C. The van der Waals surface area contributed by atoms with E-state index in [9.17, 15) is 0 Å². The van der Waals surface area contributed by atoms with Crippen LogP contribution in [0.3, 0.4) is 0 Å². The van der Waals surface area contributed by atoms with E-state index < -0.39 is 0 Å². The van der Waals surface area contributed by atoms with E-state index >= 15 is 0 Å². The van der Waals surface area contributed by atoms with Crippen LogP contribution in [-0.4, -0.2) is 0 Å². The molecule has 1 unspecified atom stereocenters. The third-order valence-corrected chi connectivity index (χ3v) is 6.40. The van der Waals surface area contributed by atoms with Crippen LogP contribution in [0.2, 0.25) is 0 Å². The van der Waals surface area contributed by atoms with Crippen LogP contribution in [0.5, 0.6) is 0 Å². The highest BCUT2D eigenvalue weighted by molar-refractivity contribution is 5.37. The maximum absolute atomic E-state index is 4.27. The van der Waals surface area contributed by atoms with Gasteiger partial charge in [-0.05, 0) is 41.4 Å². The van der Waals surface area contributed by atoms with E-state index in [0.29, 0.717) is 16.2 Å². The summed E-state index contributed by atoms with van der Waals surface area (Å²) in [6.45, 7) is 11.8. The molecule has 0 N–H and O–H groups in total. The second-order valence-corrected chi connectivity index (χ2v) is 6.69. The summed E-state index contributed by atoms with van der Waals surface area (Å²) in [7, 11) is 0. The summed E-state index contributed by atoms with van der Waals surface area (Å²) in [5.41, 5.74) is 2.85. The lowest BCUT2D eigenvalue weighted by atomic mass is 9.60. The molecule has 0 heteroatoms. The smallest absolute Gasteiger partial charge is 0.00781 e. The lowest BCUT2D eigenvalue weighted by Crippen LogP contribution is -2.38. The van der Waals surface area contributed by atoms with Crippen molar-refractivity contribution in [3.8, 4) is 0 Å². The van der Waals surface area contributed by atoms with Gasteiger partial charge in [-0.15, -0.1) is 0 Å². The van der Waals surface area contributed by atoms with Crippen LogP contribution in [0.15, 0.2) is 24.3 Å². The largest absolute Gasteiger partial charge is 0.0955 e. The molecule has 0 aromatic rings. The molecule has 2 bridgehead atoms. The molecule has 4 atom stereocenters. The first-order valence-corrected chi connectivity index (χ1v) is 6.31. The average Bonchev–Trinajstić information content (AvgIpc) is 2.55. The minimum atomic E-state index is 0.435. The zero-order valence-electron chi connectivity index (χ0n) is 10.3. The molecule has 0 aromatic carbocycles. The molecule has 0 aromatic heterocycles. The molecule has 0 saturated heterocycles. The molecule has 3 rings (SSSR count). The van der Waals surface area contributed by atoms with Gasteiger partial charge in [0.1, 0.15) is 0 Å². The molecule has 2 fully saturated rings. The van der Waals surface area contributed by atoms with Crippen molar-refractivity contribution in [1.82, 2.24) is 0 Å². The van der Waals surface area contributed by atoms with Crippen molar-refractivity contribution in [2.75, 3.05) is 0 Å². The molecule has 0 amide bonds. The van der Waals surface area contributed by atoms with Crippen molar-refractivity contribution in [3.05, 3.63) is 24.3 Å². The summed E-state index contributed by atoms with van der Waals surface area (Å²) >= 11 is 0. The highest BCUT2D eigenvalue weighted by Gasteiger charge is 2.67. The number of hydrogen-bond donors (Lipinski definition) is 0. The highest BCUT2D eigenvalue weighted by Crippen LogP contribution is 2.75. The normalized spacial score (nSPS) is 57.3. The Kier molecular flexibility index (Phi) is 1.56. The Morgan fingerprint density at radius 2 is 2.00 bits per heavy atom. The number of fused-ring (bicyclic) bond motifs is 5. The fourth-order valence-corrected chi connectivity index (χ4v) is 4.94. The summed E-state index contributed by atoms with van der Waals surface area (Å²) in [5, 5.41) is 0. The summed E-state index contributed by atoms with van der Waals surface area (Å²) in [4.78, 5) is 0. The predicted molar refractivity (Wildman–Crippen MR) is 64.6 cm³/mol. The van der Waals surface area contributed by atoms with Gasteiger partial charge in [-0.1, -0.05) is 51.5 Å². The van der Waals surface area contributed by atoms with Gasteiger partial charge in [-0.2, -0.15) is 0 Å². The Balaban J connectivity index is 2.22. The van der Waals surface area contributed by atoms with Crippen molar-refractivity contribution >= 4 is 0 Å². The van der Waals surface area contributed by atoms with E-state index in [1.165, 1.54) is 31.3 Å². The zero-order valence-corrected chi connectivity index (χ0v) is 10.3. The monoisotopic (exact) mass is 202 g/mol. The quantitative estimate of drug-likeness (QED) is 0.548. The Morgan fingerprint density at radius 3 is 2.73 bits per heavy atom. The highest BCUT2D eigenvalue weighted by atomic mass is 14.7. The molecule has 3 aliphatic carbocycles. The van der Waals surface area contributed by atoms with Crippen molar-refractivity contribution in [2.24, 2.45) is 22.2 Å². The van der Waals surface area contributed by atoms with E-state index in [2.05, 4.69) is 39.5 Å². The average molecular weight is 202 g/mol. The molecular formula is C15H22. The van der Waals surface area contributed by atoms with Gasteiger partial charge in [-0.25, -0.2) is 0 Å². The molecule has 0 nitrogen and oxygen atoms in total. The van der Waals surface area contributed by atoms with Gasteiger partial charge in [0.2, 0.25) is 0 Å². The summed E-state index contributed by atoms with van der Waals surface area (Å²) in [5.74, 6) is 0.750. The Labute approximate surface area is 93.5 Å². The molecule has 2 saturated carbocycles. The molecule has 0 heterocycles. The van der Waals surface area contributed by atoms with Crippen molar-refractivity contribution < 1.29 is 0 Å². The molecule has 82 valence electrons. The Bertz CT molecular complexity index is 364. The fourth-order valence-electron chi connectivity index (χ4n) is 4.94. The summed E-state index contributed by atoms with van der Waals surface area (Å²) in [6.07, 6.45) is 10.3. The maximum Gasteiger partial charge on any atom is -0.00781 e. The van der Waals surface area contributed by atoms with Crippen LogP contribution in [0.1, 0.15) is 46.5 Å². The van der Waals surface area contributed by atoms with Gasteiger partial charge < -0.3 is 0 Å². The van der Waals surface area contributed by atoms with Crippen LogP contribution in [0.4, 0.5) is 0 Å². The van der Waals surface area contributed by atoms with Gasteiger partial charge in [0, 0.05) is 0 Å². The lowest BCUT2D eigenvalue weighted by Gasteiger charge is -2.44. The lowest BCUT2D eigenvalue weighted by molar-refractivity contribution is 0.0623. The topological polar surface area (TPSA) is 0 Å². The van der Waals surface area contributed by atoms with Crippen molar-refractivity contribution in [3.63, 3.8) is 0 Å². The third kappa shape index (κ3) is 0.822. The summed E-state index contributed by atoms with van der Waals surface area (Å²) in [6, 6.07) is 0. The first-order valence-electron chi connectivity index (χ1n) is 6.31. The Hall–Kier alpha value is -0.520. The van der Waals surface area contributed by atoms with Crippen LogP contribution in [-0.2, 0) is 0 Å². The fraction of sp³-hybridized carbons (Fsp3) is 0.733. The molecular weight excluding hydrogens is 180 g/mol. The molecule has 0 radical (unpaired) electrons. The second kappa shape index (κ2) is 2.42. The van der Waals surface area contributed by atoms with Crippen LogP contribution >= 0.6 is 0 Å². The molecule has 15 heavy (non-hydrogen) atoms. The van der Waals surface area contributed by atoms with Gasteiger partial charge in [-0.3, -0.25) is 0 Å². The van der Waals surface area contributed by atoms with Gasteiger partial charge >= 0.3 is 0 Å². The van der Waals surface area contributed by atoms with E-state index in [0.717, 1.165) is 5.92 Å². The number of allylic oxidation sites excluding steroid dienone is 3. The number of rotatable bonds is 0. The third-order valence-electron chi connectivity index (χ3n) is 6.40. The standard InChI is InChI=1S/C15H22/c1-11-6-9-13(2)10-12(11)14(3)7-5-8-15(13,14)4/h6,9,12H,1,5,7-8,10H2,2-4H3/t12?,13-,14+,15-/m1/s1.